The molecular weight excluding hydrogens is 1200 g/mol. The molecule has 332 valence electrons. The Labute approximate surface area is 420 Å². The van der Waals surface area contributed by atoms with Gasteiger partial charge >= 0.3 is 42.1 Å². The number of hydrogen-bond acceptors (Lipinski definition) is 4. The van der Waals surface area contributed by atoms with Crippen molar-refractivity contribution in [3.8, 4) is 22.5 Å². The molecule has 0 atom stereocenters. The Bertz CT molecular complexity index is 3720. The van der Waals surface area contributed by atoms with Crippen molar-refractivity contribution < 1.29 is 42.1 Å². The quantitative estimate of drug-likeness (QED) is 0.168. The minimum absolute atomic E-state index is 0. The van der Waals surface area contributed by atoms with E-state index < -0.39 is 0 Å². The third-order valence-corrected chi connectivity index (χ3v) is 11.7. The summed E-state index contributed by atoms with van der Waals surface area (Å²) in [5.41, 5.74) is 14.1. The Balaban J connectivity index is 0.000000113. The van der Waals surface area contributed by atoms with Crippen LogP contribution in [0.25, 0.3) is 110 Å². The summed E-state index contributed by atoms with van der Waals surface area (Å²) in [6.07, 6.45) is 3.63. The molecule has 0 aliphatic carbocycles. The molecule has 0 aliphatic heterocycles. The number of para-hydroxylation sites is 6. The first-order valence-electron chi connectivity index (χ1n) is 21.8. The average molecular weight is 1240 g/mol. The predicted molar refractivity (Wildman–Crippen MR) is 271 cm³/mol. The van der Waals surface area contributed by atoms with Crippen LogP contribution in [0.1, 0.15) is 11.4 Å². The van der Waals surface area contributed by atoms with E-state index in [0.717, 1.165) is 89.1 Å². The van der Waals surface area contributed by atoms with Gasteiger partial charge in [0.25, 0.3) is 0 Å². The van der Waals surface area contributed by atoms with Gasteiger partial charge in [0.15, 0.2) is 0 Å². The van der Waals surface area contributed by atoms with E-state index in [4.69, 9.17) is 9.97 Å². The van der Waals surface area contributed by atoms with Gasteiger partial charge in [-0.2, -0.15) is 0 Å². The number of benzene rings is 6. The molecule has 0 amide bonds. The van der Waals surface area contributed by atoms with Crippen LogP contribution in [0.3, 0.4) is 0 Å². The summed E-state index contributed by atoms with van der Waals surface area (Å²) in [4.78, 5) is 36.1. The first kappa shape index (κ1) is 45.6. The van der Waals surface area contributed by atoms with Gasteiger partial charge in [-0.25, -0.2) is 0 Å². The summed E-state index contributed by atoms with van der Waals surface area (Å²) in [6.45, 7) is 3.97. The van der Waals surface area contributed by atoms with E-state index in [-0.39, 0.29) is 42.1 Å². The number of aryl methyl sites for hydroxylation is 2. The fourth-order valence-corrected chi connectivity index (χ4v) is 8.56. The van der Waals surface area contributed by atoms with Gasteiger partial charge in [-0.05, 0) is 103 Å². The monoisotopic (exact) mass is 1240 g/mol. The van der Waals surface area contributed by atoms with Crippen molar-refractivity contribution in [2.45, 2.75) is 13.8 Å². The molecule has 8 heterocycles. The standard InChI is InChI=1S/2C17H11N2.2C12H9N2.2Pt/c2*1-2-10-16-12(6-1)13-7-5-8-14(17(13)19-16)15-9-3-4-11-18-15;2*1-8-6-7-10-9-4-2-3-5-11(9)14-12(10)13-8;;/h2*1-11H;2*2-7H,1H3;;/q4*-1;2*+2. The molecule has 0 aliphatic rings. The van der Waals surface area contributed by atoms with E-state index >= 15 is 0 Å². The molecule has 10 heteroatoms. The molecule has 0 spiro atoms. The van der Waals surface area contributed by atoms with Gasteiger partial charge in [-0.15, -0.1) is 22.1 Å². The summed E-state index contributed by atoms with van der Waals surface area (Å²) in [5.74, 6) is 0. The number of pyridine rings is 4. The Morgan fingerprint density at radius 2 is 0.632 bits per heavy atom. The van der Waals surface area contributed by atoms with Gasteiger partial charge in [0.05, 0.1) is 11.4 Å². The molecule has 68 heavy (non-hydrogen) atoms. The van der Waals surface area contributed by atoms with Crippen LogP contribution in [-0.4, -0.2) is 19.9 Å². The zero-order valence-electron chi connectivity index (χ0n) is 36.8. The van der Waals surface area contributed by atoms with Crippen molar-refractivity contribution >= 4 is 87.5 Å². The zero-order valence-corrected chi connectivity index (χ0v) is 41.4. The minimum atomic E-state index is 0. The smallest absolute Gasteiger partial charge is 0.656 e. The van der Waals surface area contributed by atoms with Crippen molar-refractivity contribution in [2.24, 2.45) is 0 Å². The Kier molecular flexibility index (Phi) is 13.5. The van der Waals surface area contributed by atoms with Gasteiger partial charge in [0.1, 0.15) is 0 Å². The molecule has 6 aromatic carbocycles. The number of nitrogens with zero attached hydrogens (tertiary/aromatic N) is 8. The molecule has 0 N–H and O–H groups in total. The summed E-state index contributed by atoms with van der Waals surface area (Å²) in [7, 11) is 0. The average Bonchev–Trinajstić information content (AvgIpc) is 4.15. The molecular formula is C58H40N8Pt2. The van der Waals surface area contributed by atoms with Crippen LogP contribution in [0.5, 0.6) is 0 Å². The van der Waals surface area contributed by atoms with Crippen LogP contribution in [0.4, 0.5) is 0 Å². The SMILES string of the molecule is Cc1ccc2c(n1)[n-]c1ccccc12.Cc1ccc2c(n1)[n-]c1ccccc12.[Pt+2].[Pt+2].c1ccc(-c2cccc3c2[n-]c2ccccc23)nc1.c1ccc(-c2cccc3c2[n-]c2ccccc23)nc1. The van der Waals surface area contributed by atoms with Crippen molar-refractivity contribution in [1.29, 1.82) is 0 Å². The fourth-order valence-electron chi connectivity index (χ4n) is 8.56. The zero-order chi connectivity index (χ0) is 44.4. The van der Waals surface area contributed by atoms with Gasteiger partial charge in [-0.1, -0.05) is 193 Å². The van der Waals surface area contributed by atoms with Crippen LogP contribution < -0.4 is 19.9 Å². The normalized spacial score (nSPS) is 10.9. The molecule has 0 saturated heterocycles. The third kappa shape index (κ3) is 9.01. The van der Waals surface area contributed by atoms with Crippen molar-refractivity contribution in [2.75, 3.05) is 0 Å². The molecule has 0 saturated carbocycles. The first-order chi connectivity index (χ1) is 32.6. The predicted octanol–water partition coefficient (Wildman–Crippen LogP) is 13.3. The maximum atomic E-state index is 4.75. The van der Waals surface area contributed by atoms with Crippen molar-refractivity contribution in [3.63, 3.8) is 0 Å². The topological polar surface area (TPSA) is 108 Å². The number of rotatable bonds is 2. The molecule has 0 fully saturated rings. The van der Waals surface area contributed by atoms with Crippen LogP contribution in [0, 0.1) is 13.8 Å². The Morgan fingerprint density at radius 3 is 1.01 bits per heavy atom. The molecule has 0 unspecified atom stereocenters. The van der Waals surface area contributed by atoms with E-state index in [1.165, 1.54) is 32.3 Å². The van der Waals surface area contributed by atoms with E-state index in [9.17, 15) is 0 Å². The Morgan fingerprint density at radius 1 is 0.294 bits per heavy atom. The van der Waals surface area contributed by atoms with E-state index in [0.29, 0.717) is 0 Å². The maximum absolute atomic E-state index is 4.75. The second-order valence-electron chi connectivity index (χ2n) is 16.0. The maximum Gasteiger partial charge on any atom is 2.00 e. The van der Waals surface area contributed by atoms with Gasteiger partial charge in [0, 0.05) is 12.4 Å². The van der Waals surface area contributed by atoms with Gasteiger partial charge < -0.3 is 29.9 Å². The molecule has 0 bridgehead atoms. The Hall–Kier alpha value is -7.50. The molecule has 14 aromatic rings. The number of aromatic nitrogens is 8. The summed E-state index contributed by atoms with van der Waals surface area (Å²) in [5, 5.41) is 9.46. The number of fused-ring (bicyclic) bond motifs is 12. The van der Waals surface area contributed by atoms with E-state index in [2.05, 4.69) is 127 Å². The largest absolute Gasteiger partial charge is 2.00 e. The van der Waals surface area contributed by atoms with Crippen molar-refractivity contribution in [3.05, 3.63) is 218 Å². The number of hydrogen-bond donors (Lipinski definition) is 0. The second kappa shape index (κ2) is 20.2. The molecule has 8 nitrogen and oxygen atoms in total. The van der Waals surface area contributed by atoms with Crippen LogP contribution in [0.15, 0.2) is 207 Å². The van der Waals surface area contributed by atoms with Crippen LogP contribution in [0.2, 0.25) is 0 Å². The summed E-state index contributed by atoms with van der Waals surface area (Å²) >= 11 is 0. The molecule has 8 aromatic heterocycles. The van der Waals surface area contributed by atoms with E-state index in [1.54, 1.807) is 0 Å². The summed E-state index contributed by atoms with van der Waals surface area (Å²) < 4.78 is 0. The van der Waals surface area contributed by atoms with E-state index in [1.807, 2.05) is 123 Å². The van der Waals surface area contributed by atoms with Crippen LogP contribution in [-0.2, 0) is 42.1 Å². The van der Waals surface area contributed by atoms with Crippen molar-refractivity contribution in [1.82, 2.24) is 39.9 Å². The fraction of sp³-hybridized carbons (Fsp3) is 0.0345. The second-order valence-corrected chi connectivity index (χ2v) is 16.0. The van der Waals surface area contributed by atoms with Gasteiger partial charge in [-0.3, -0.25) is 9.97 Å². The van der Waals surface area contributed by atoms with Crippen LogP contribution >= 0.6 is 0 Å². The minimum Gasteiger partial charge on any atom is -0.656 e. The molecule has 0 radical (unpaired) electrons. The first-order valence-corrected chi connectivity index (χ1v) is 21.8. The summed E-state index contributed by atoms with van der Waals surface area (Å²) in [6, 6.07) is 65.4. The molecule has 14 rings (SSSR count). The third-order valence-electron chi connectivity index (χ3n) is 11.7. The van der Waals surface area contributed by atoms with Gasteiger partial charge in [0.2, 0.25) is 0 Å².